The quantitative estimate of drug-likeness (QED) is 0.875. The van der Waals surface area contributed by atoms with Gasteiger partial charge >= 0.3 is 0 Å². The third-order valence-corrected chi connectivity index (χ3v) is 3.73. The van der Waals surface area contributed by atoms with Crippen LogP contribution in [0.2, 0.25) is 0 Å². The summed E-state index contributed by atoms with van der Waals surface area (Å²) >= 11 is 0. The van der Waals surface area contributed by atoms with Gasteiger partial charge in [-0.05, 0) is 45.4 Å². The molecule has 21 heavy (non-hydrogen) atoms. The molecule has 1 saturated heterocycles. The van der Waals surface area contributed by atoms with Gasteiger partial charge in [-0.2, -0.15) is 0 Å². The second-order valence-corrected chi connectivity index (χ2v) is 5.36. The lowest BCUT2D eigenvalue weighted by Gasteiger charge is -2.27. The number of carbonyl (C=O) groups excluding carboxylic acids is 1. The molecule has 1 amide bonds. The highest BCUT2D eigenvalue weighted by Gasteiger charge is 2.24. The van der Waals surface area contributed by atoms with E-state index in [9.17, 15) is 4.79 Å². The van der Waals surface area contributed by atoms with Gasteiger partial charge < -0.3 is 20.1 Å². The maximum atomic E-state index is 12.3. The molecule has 1 aromatic rings. The molecule has 1 aromatic carbocycles. The van der Waals surface area contributed by atoms with Gasteiger partial charge in [0, 0.05) is 23.7 Å². The monoisotopic (exact) mass is 292 g/mol. The molecule has 2 atom stereocenters. The van der Waals surface area contributed by atoms with E-state index in [1.54, 1.807) is 13.2 Å². The highest BCUT2D eigenvalue weighted by atomic mass is 16.5. The van der Waals surface area contributed by atoms with Crippen molar-refractivity contribution < 1.29 is 14.3 Å². The van der Waals surface area contributed by atoms with E-state index < -0.39 is 0 Å². The first kappa shape index (κ1) is 15.6. The van der Waals surface area contributed by atoms with Crippen LogP contribution in [0, 0.1) is 5.92 Å². The molecule has 0 aliphatic carbocycles. The molecular weight excluding hydrogens is 268 g/mol. The smallest absolute Gasteiger partial charge is 0.227 e. The van der Waals surface area contributed by atoms with E-state index in [0.717, 1.165) is 25.1 Å². The Labute approximate surface area is 126 Å². The van der Waals surface area contributed by atoms with Gasteiger partial charge in [-0.1, -0.05) is 0 Å². The van der Waals surface area contributed by atoms with Crippen LogP contribution in [0.15, 0.2) is 18.2 Å². The summed E-state index contributed by atoms with van der Waals surface area (Å²) in [6.07, 6.45) is 1.75. The summed E-state index contributed by atoms with van der Waals surface area (Å²) < 4.78 is 10.8. The van der Waals surface area contributed by atoms with E-state index in [2.05, 4.69) is 17.6 Å². The molecule has 2 unspecified atom stereocenters. The first-order chi connectivity index (χ1) is 10.1. The van der Waals surface area contributed by atoms with Crippen molar-refractivity contribution in [2.45, 2.75) is 32.7 Å². The lowest BCUT2D eigenvalue weighted by molar-refractivity contribution is -0.120. The molecule has 1 heterocycles. The van der Waals surface area contributed by atoms with Crippen LogP contribution in [0.4, 0.5) is 5.69 Å². The number of rotatable bonds is 5. The van der Waals surface area contributed by atoms with Crippen LogP contribution in [0.1, 0.15) is 26.7 Å². The molecule has 2 N–H and O–H groups in total. The minimum absolute atomic E-state index is 0.0683. The fourth-order valence-corrected chi connectivity index (χ4v) is 2.63. The van der Waals surface area contributed by atoms with Gasteiger partial charge in [0.25, 0.3) is 0 Å². The van der Waals surface area contributed by atoms with Crippen molar-refractivity contribution in [3.63, 3.8) is 0 Å². The number of methoxy groups -OCH3 is 1. The maximum absolute atomic E-state index is 12.3. The molecule has 0 radical (unpaired) electrons. The van der Waals surface area contributed by atoms with Crippen LogP contribution in [0.25, 0.3) is 0 Å². The average molecular weight is 292 g/mol. The first-order valence-electron chi connectivity index (χ1n) is 7.49. The van der Waals surface area contributed by atoms with Crippen LogP contribution in [-0.4, -0.2) is 32.2 Å². The third-order valence-electron chi connectivity index (χ3n) is 3.73. The van der Waals surface area contributed by atoms with Crippen molar-refractivity contribution in [3.8, 4) is 11.5 Å². The molecule has 5 heteroatoms. The van der Waals surface area contributed by atoms with Crippen molar-refractivity contribution >= 4 is 11.6 Å². The van der Waals surface area contributed by atoms with E-state index in [4.69, 9.17) is 9.47 Å². The Morgan fingerprint density at radius 2 is 2.24 bits per heavy atom. The Morgan fingerprint density at radius 1 is 1.43 bits per heavy atom. The summed E-state index contributed by atoms with van der Waals surface area (Å²) in [6, 6.07) is 5.86. The van der Waals surface area contributed by atoms with Gasteiger partial charge in [-0.25, -0.2) is 0 Å². The Morgan fingerprint density at radius 3 is 2.90 bits per heavy atom. The summed E-state index contributed by atoms with van der Waals surface area (Å²) in [5.41, 5.74) is 0.742. The Bertz CT molecular complexity index is 490. The fourth-order valence-electron chi connectivity index (χ4n) is 2.63. The molecule has 1 aliphatic heterocycles. The van der Waals surface area contributed by atoms with Gasteiger partial charge in [0.2, 0.25) is 5.91 Å². The maximum Gasteiger partial charge on any atom is 0.227 e. The molecule has 5 nitrogen and oxygen atoms in total. The second kappa shape index (κ2) is 7.31. The standard InChI is InChI=1S/C16H24N2O3/c1-4-21-14-6-5-13(10-15(14)20-3)18-16(19)12-7-8-17-11(2)9-12/h5-6,10-12,17H,4,7-9H2,1-3H3,(H,18,19). The van der Waals surface area contributed by atoms with E-state index in [0.29, 0.717) is 24.1 Å². The van der Waals surface area contributed by atoms with Crippen molar-refractivity contribution in [2.75, 3.05) is 25.6 Å². The minimum Gasteiger partial charge on any atom is -0.493 e. The number of hydrogen-bond donors (Lipinski definition) is 2. The number of amides is 1. The van der Waals surface area contributed by atoms with Crippen LogP contribution in [0.3, 0.4) is 0 Å². The highest BCUT2D eigenvalue weighted by molar-refractivity contribution is 5.93. The van der Waals surface area contributed by atoms with Crippen molar-refractivity contribution in [2.24, 2.45) is 5.92 Å². The van der Waals surface area contributed by atoms with Gasteiger partial charge in [-0.15, -0.1) is 0 Å². The summed E-state index contributed by atoms with van der Waals surface area (Å²) in [4.78, 5) is 12.3. The molecule has 1 aliphatic rings. The molecular formula is C16H24N2O3. The molecule has 0 bridgehead atoms. The molecule has 0 aromatic heterocycles. The third kappa shape index (κ3) is 4.11. The number of hydrogen-bond acceptors (Lipinski definition) is 4. The molecule has 116 valence electrons. The van der Waals surface area contributed by atoms with Crippen LogP contribution < -0.4 is 20.1 Å². The summed E-state index contributed by atoms with van der Waals surface area (Å²) in [7, 11) is 1.60. The lowest BCUT2D eigenvalue weighted by atomic mass is 9.92. The number of anilines is 1. The van der Waals surface area contributed by atoms with Crippen LogP contribution in [0.5, 0.6) is 11.5 Å². The highest BCUT2D eigenvalue weighted by Crippen LogP contribution is 2.30. The predicted molar refractivity (Wildman–Crippen MR) is 83.0 cm³/mol. The average Bonchev–Trinajstić information content (AvgIpc) is 2.49. The largest absolute Gasteiger partial charge is 0.493 e. The fraction of sp³-hybridized carbons (Fsp3) is 0.562. The van der Waals surface area contributed by atoms with E-state index in [-0.39, 0.29) is 11.8 Å². The second-order valence-electron chi connectivity index (χ2n) is 5.36. The summed E-state index contributed by atoms with van der Waals surface area (Å²) in [6.45, 7) is 5.51. The topological polar surface area (TPSA) is 59.6 Å². The van der Waals surface area contributed by atoms with Gasteiger partial charge in [0.05, 0.1) is 13.7 Å². The van der Waals surface area contributed by atoms with E-state index in [1.165, 1.54) is 0 Å². The van der Waals surface area contributed by atoms with Gasteiger partial charge in [0.1, 0.15) is 0 Å². The molecule has 1 fully saturated rings. The zero-order valence-electron chi connectivity index (χ0n) is 12.9. The number of benzene rings is 1. The van der Waals surface area contributed by atoms with Crippen molar-refractivity contribution in [1.82, 2.24) is 5.32 Å². The number of piperidine rings is 1. The Balaban J connectivity index is 2.03. The van der Waals surface area contributed by atoms with Gasteiger partial charge in [0.15, 0.2) is 11.5 Å². The number of ether oxygens (including phenoxy) is 2. The van der Waals surface area contributed by atoms with Crippen molar-refractivity contribution in [1.29, 1.82) is 0 Å². The number of carbonyl (C=O) groups is 1. The molecule has 0 saturated carbocycles. The molecule has 0 spiro atoms. The SMILES string of the molecule is CCOc1ccc(NC(=O)C2CCNC(C)C2)cc1OC. The summed E-state index contributed by atoms with van der Waals surface area (Å²) in [5.74, 6) is 1.47. The first-order valence-corrected chi connectivity index (χ1v) is 7.49. The van der Waals surface area contributed by atoms with Crippen molar-refractivity contribution in [3.05, 3.63) is 18.2 Å². The van der Waals surface area contributed by atoms with E-state index in [1.807, 2.05) is 19.1 Å². The number of nitrogens with one attached hydrogen (secondary N) is 2. The molecule has 2 rings (SSSR count). The van der Waals surface area contributed by atoms with E-state index >= 15 is 0 Å². The normalized spacial score (nSPS) is 21.7. The zero-order chi connectivity index (χ0) is 15.2. The van der Waals surface area contributed by atoms with Gasteiger partial charge in [-0.3, -0.25) is 4.79 Å². The minimum atomic E-state index is 0.0683. The lowest BCUT2D eigenvalue weighted by Crippen LogP contribution is -2.40. The Hall–Kier alpha value is -1.75. The summed E-state index contributed by atoms with van der Waals surface area (Å²) in [5, 5.41) is 6.33. The van der Waals surface area contributed by atoms with Crippen LogP contribution >= 0.6 is 0 Å². The zero-order valence-corrected chi connectivity index (χ0v) is 12.9. The Kier molecular flexibility index (Phi) is 5.44. The van der Waals surface area contributed by atoms with Crippen LogP contribution in [-0.2, 0) is 4.79 Å². The predicted octanol–water partition coefficient (Wildman–Crippen LogP) is 2.42.